The van der Waals surface area contributed by atoms with E-state index in [9.17, 15) is 9.90 Å². The first-order chi connectivity index (χ1) is 10.5. The number of alkyl halides is 1. The van der Waals surface area contributed by atoms with Crippen LogP contribution in [0.2, 0.25) is 0 Å². The number of hydrogen-bond donors (Lipinski definition) is 2. The number of hydrogen-bond acceptors (Lipinski definition) is 2. The van der Waals surface area contributed by atoms with E-state index in [4.69, 9.17) is 16.7 Å². The first-order valence-electron chi connectivity index (χ1n) is 8.80. The molecule has 1 unspecified atom stereocenters. The molecule has 130 valence electrons. The summed E-state index contributed by atoms with van der Waals surface area (Å²) in [4.78, 5) is 10.6. The van der Waals surface area contributed by atoms with Gasteiger partial charge < -0.3 is 10.2 Å². The number of unbranched alkanes of at least 4 members (excludes halogenated alkanes) is 10. The van der Waals surface area contributed by atoms with Crippen LogP contribution in [-0.4, -0.2) is 21.2 Å². The average molecular weight is 333 g/mol. The number of aliphatic hydroxyl groups is 1. The second-order valence-electron chi connectivity index (χ2n) is 6.05. The number of carboxylic acids is 1. The quantitative estimate of drug-likeness (QED) is 0.231. The number of halogens is 1. The molecule has 0 radical (unpaired) electrons. The van der Waals surface area contributed by atoms with Gasteiger partial charge in [-0.2, -0.15) is 0 Å². The molecule has 3 nitrogen and oxygen atoms in total. The Morgan fingerprint density at radius 1 is 0.909 bits per heavy atom. The monoisotopic (exact) mass is 332 g/mol. The molecule has 0 aromatic rings. The van der Waals surface area contributed by atoms with Crippen LogP contribution in [0.3, 0.4) is 0 Å². The summed E-state index contributed by atoms with van der Waals surface area (Å²) in [5, 5.41) is 15.9. The molecular formula is C18H33ClO3. The zero-order valence-electron chi connectivity index (χ0n) is 14.0. The van der Waals surface area contributed by atoms with Gasteiger partial charge in [-0.3, -0.25) is 0 Å². The van der Waals surface area contributed by atoms with Gasteiger partial charge in [-0.1, -0.05) is 75.6 Å². The van der Waals surface area contributed by atoms with Crippen molar-refractivity contribution in [3.8, 4) is 0 Å². The van der Waals surface area contributed by atoms with Gasteiger partial charge in [0.1, 0.15) is 0 Å². The van der Waals surface area contributed by atoms with Crippen LogP contribution < -0.4 is 0 Å². The molecule has 4 heteroatoms. The van der Waals surface area contributed by atoms with Crippen LogP contribution in [0.25, 0.3) is 0 Å². The van der Waals surface area contributed by atoms with E-state index in [0.717, 1.165) is 25.7 Å². The summed E-state index contributed by atoms with van der Waals surface area (Å²) in [5.41, 5.74) is 0. The van der Waals surface area contributed by atoms with E-state index >= 15 is 0 Å². The largest absolute Gasteiger partial charge is 0.478 e. The molecule has 0 aromatic carbocycles. The number of allylic oxidation sites excluding steroid dienone is 2. The molecule has 0 fully saturated rings. The van der Waals surface area contributed by atoms with Gasteiger partial charge >= 0.3 is 5.97 Å². The van der Waals surface area contributed by atoms with Gasteiger partial charge in [0.05, 0.1) is 0 Å². The summed E-state index contributed by atoms with van der Waals surface area (Å²) in [7, 11) is 0. The molecule has 22 heavy (non-hydrogen) atoms. The van der Waals surface area contributed by atoms with Gasteiger partial charge in [-0.15, -0.1) is 0 Å². The Morgan fingerprint density at radius 3 is 1.86 bits per heavy atom. The van der Waals surface area contributed by atoms with Crippen molar-refractivity contribution in [3.63, 3.8) is 0 Å². The summed E-state index contributed by atoms with van der Waals surface area (Å²) in [6, 6.07) is 0. The maximum atomic E-state index is 10.6. The van der Waals surface area contributed by atoms with Gasteiger partial charge in [0.2, 0.25) is 5.06 Å². The minimum absolute atomic E-state index is 0.109. The second kappa shape index (κ2) is 14.1. The zero-order valence-corrected chi connectivity index (χ0v) is 14.8. The molecule has 0 heterocycles. The molecule has 0 bridgehead atoms. The molecule has 0 aromatic heterocycles. The summed E-state index contributed by atoms with van der Waals surface area (Å²) in [6.07, 6.45) is 18.7. The van der Waals surface area contributed by atoms with Gasteiger partial charge in [-0.25, -0.2) is 4.79 Å². The minimum Gasteiger partial charge on any atom is -0.478 e. The van der Waals surface area contributed by atoms with Gasteiger partial charge in [-0.05, 0) is 32.1 Å². The van der Waals surface area contributed by atoms with E-state index in [0.29, 0.717) is 6.42 Å². The highest BCUT2D eigenvalue weighted by Gasteiger charge is 2.31. The Kier molecular flexibility index (Phi) is 13.7. The summed E-state index contributed by atoms with van der Waals surface area (Å²) in [5.74, 6) is -1.35. The van der Waals surface area contributed by atoms with E-state index in [1.54, 1.807) is 0 Å². The van der Waals surface area contributed by atoms with Crippen molar-refractivity contribution in [1.29, 1.82) is 0 Å². The predicted molar refractivity (Wildman–Crippen MR) is 93.3 cm³/mol. The number of carbonyl (C=O) groups is 1. The fourth-order valence-electron chi connectivity index (χ4n) is 2.36. The number of aliphatic carboxylic acids is 1. The van der Waals surface area contributed by atoms with Crippen LogP contribution in [0, 0.1) is 0 Å². The first kappa shape index (κ1) is 21.5. The fourth-order valence-corrected chi connectivity index (χ4v) is 2.49. The lowest BCUT2D eigenvalue weighted by Crippen LogP contribution is -2.31. The van der Waals surface area contributed by atoms with Crippen molar-refractivity contribution < 1.29 is 15.0 Å². The Balaban J connectivity index is 3.29. The molecular weight excluding hydrogens is 300 g/mol. The molecule has 2 N–H and O–H groups in total. The minimum atomic E-state index is -2.09. The highest BCUT2D eigenvalue weighted by atomic mass is 35.5. The topological polar surface area (TPSA) is 57.5 Å². The lowest BCUT2D eigenvalue weighted by Gasteiger charge is -2.14. The molecule has 0 rings (SSSR count). The molecule has 0 aliphatic carbocycles. The third-order valence-electron chi connectivity index (χ3n) is 3.85. The maximum absolute atomic E-state index is 10.6. The molecule has 0 aliphatic heterocycles. The van der Waals surface area contributed by atoms with Crippen LogP contribution in [0.1, 0.15) is 90.4 Å². The Hall–Kier alpha value is -0.540. The predicted octanol–water partition coefficient (Wildman–Crippen LogP) is 5.65. The van der Waals surface area contributed by atoms with E-state index in [1.165, 1.54) is 44.9 Å². The standard InChI is InChI=1S/C18H33ClO3/c1-2-3-4-5-6-7-8-9-10-11-12-13-14-15-16-18(19,22)17(20)21/h9-10,22H,2-8,11-16H2,1H3,(H,20,21). The Bertz CT molecular complexity index is 301. The molecule has 0 amide bonds. The average Bonchev–Trinajstić information content (AvgIpc) is 2.47. The van der Waals surface area contributed by atoms with Crippen molar-refractivity contribution in [1.82, 2.24) is 0 Å². The third-order valence-corrected chi connectivity index (χ3v) is 4.20. The van der Waals surface area contributed by atoms with Gasteiger partial charge in [0, 0.05) is 6.42 Å². The highest BCUT2D eigenvalue weighted by molar-refractivity contribution is 6.32. The lowest BCUT2D eigenvalue weighted by molar-refractivity contribution is -0.150. The van der Waals surface area contributed by atoms with Gasteiger partial charge in [0.15, 0.2) is 0 Å². The number of rotatable bonds is 15. The van der Waals surface area contributed by atoms with Crippen LogP contribution in [0.15, 0.2) is 12.2 Å². The van der Waals surface area contributed by atoms with Crippen LogP contribution in [0.5, 0.6) is 0 Å². The van der Waals surface area contributed by atoms with Crippen molar-refractivity contribution in [2.45, 2.75) is 95.5 Å². The smallest absolute Gasteiger partial charge is 0.351 e. The molecule has 0 saturated heterocycles. The molecule has 0 saturated carbocycles. The van der Waals surface area contributed by atoms with Crippen molar-refractivity contribution in [2.75, 3.05) is 0 Å². The summed E-state index contributed by atoms with van der Waals surface area (Å²) < 4.78 is 0. The summed E-state index contributed by atoms with van der Waals surface area (Å²) >= 11 is 5.47. The van der Waals surface area contributed by atoms with E-state index in [-0.39, 0.29) is 6.42 Å². The third kappa shape index (κ3) is 13.1. The molecule has 0 aliphatic rings. The van der Waals surface area contributed by atoms with Crippen molar-refractivity contribution >= 4 is 17.6 Å². The normalized spacial score (nSPS) is 14.3. The lowest BCUT2D eigenvalue weighted by atomic mass is 10.1. The van der Waals surface area contributed by atoms with Crippen LogP contribution in [-0.2, 0) is 4.79 Å². The summed E-state index contributed by atoms with van der Waals surface area (Å²) in [6.45, 7) is 2.24. The van der Waals surface area contributed by atoms with Crippen LogP contribution in [0.4, 0.5) is 0 Å². The molecule has 1 atom stereocenters. The molecule has 0 spiro atoms. The SMILES string of the molecule is CCCCCCCCC=CCCCCCCC(O)(Cl)C(=O)O. The Morgan fingerprint density at radius 2 is 1.36 bits per heavy atom. The maximum Gasteiger partial charge on any atom is 0.351 e. The Labute approximate surface area is 140 Å². The van der Waals surface area contributed by atoms with E-state index in [1.807, 2.05) is 0 Å². The fraction of sp³-hybridized carbons (Fsp3) is 0.833. The first-order valence-corrected chi connectivity index (χ1v) is 9.18. The van der Waals surface area contributed by atoms with Crippen molar-refractivity contribution in [2.24, 2.45) is 0 Å². The highest BCUT2D eigenvalue weighted by Crippen LogP contribution is 2.20. The second-order valence-corrected chi connectivity index (χ2v) is 6.67. The van der Waals surface area contributed by atoms with E-state index < -0.39 is 11.0 Å². The van der Waals surface area contributed by atoms with E-state index in [2.05, 4.69) is 19.1 Å². The van der Waals surface area contributed by atoms with Gasteiger partial charge in [0.25, 0.3) is 0 Å². The zero-order chi connectivity index (χ0) is 16.7. The van der Waals surface area contributed by atoms with Crippen molar-refractivity contribution in [3.05, 3.63) is 12.2 Å². The van der Waals surface area contributed by atoms with Crippen LogP contribution >= 0.6 is 11.6 Å². The number of carboxylic acid groups (broad SMARTS) is 1.